The van der Waals surface area contributed by atoms with E-state index in [1.54, 1.807) is 12.1 Å². The summed E-state index contributed by atoms with van der Waals surface area (Å²) in [6.07, 6.45) is 0. The number of oxime groups is 1. The molecule has 5 heteroatoms. The van der Waals surface area contributed by atoms with Gasteiger partial charge in [-0.2, -0.15) is 0 Å². The fourth-order valence-corrected chi connectivity index (χ4v) is 2.04. The Hall–Kier alpha value is -1.42. The SMILES string of the molecule is CCN(CC(C)C)c1cc(Cl)ccc1C(N)=NO. The van der Waals surface area contributed by atoms with Crippen molar-refractivity contribution in [3.63, 3.8) is 0 Å². The second-order valence-electron chi connectivity index (χ2n) is 4.58. The van der Waals surface area contributed by atoms with Crippen molar-refractivity contribution in [1.29, 1.82) is 0 Å². The summed E-state index contributed by atoms with van der Waals surface area (Å²) < 4.78 is 0. The van der Waals surface area contributed by atoms with E-state index in [2.05, 4.69) is 30.8 Å². The first kappa shape index (κ1) is 14.6. The number of anilines is 1. The van der Waals surface area contributed by atoms with Crippen LogP contribution in [0.15, 0.2) is 23.4 Å². The number of hydrogen-bond donors (Lipinski definition) is 2. The van der Waals surface area contributed by atoms with Gasteiger partial charge in [-0.3, -0.25) is 0 Å². The predicted octanol–water partition coefficient (Wildman–Crippen LogP) is 2.92. The zero-order valence-corrected chi connectivity index (χ0v) is 11.8. The van der Waals surface area contributed by atoms with E-state index in [1.807, 2.05) is 6.07 Å². The van der Waals surface area contributed by atoms with Crippen LogP contribution in [0.1, 0.15) is 26.3 Å². The van der Waals surface area contributed by atoms with Gasteiger partial charge in [0.2, 0.25) is 0 Å². The fraction of sp³-hybridized carbons (Fsp3) is 0.462. The first-order valence-electron chi connectivity index (χ1n) is 6.02. The minimum Gasteiger partial charge on any atom is -0.409 e. The molecule has 0 bridgehead atoms. The topological polar surface area (TPSA) is 61.8 Å². The van der Waals surface area contributed by atoms with Crippen molar-refractivity contribution in [2.24, 2.45) is 16.8 Å². The van der Waals surface area contributed by atoms with Crippen LogP contribution < -0.4 is 10.6 Å². The third kappa shape index (κ3) is 3.53. The lowest BCUT2D eigenvalue weighted by molar-refractivity contribution is 0.318. The van der Waals surface area contributed by atoms with E-state index in [0.29, 0.717) is 16.5 Å². The molecule has 0 heterocycles. The zero-order chi connectivity index (χ0) is 13.7. The van der Waals surface area contributed by atoms with Gasteiger partial charge < -0.3 is 15.8 Å². The smallest absolute Gasteiger partial charge is 0.172 e. The maximum atomic E-state index is 8.83. The highest BCUT2D eigenvalue weighted by Gasteiger charge is 2.14. The summed E-state index contributed by atoms with van der Waals surface area (Å²) in [5, 5.41) is 12.5. The molecule has 0 spiro atoms. The van der Waals surface area contributed by atoms with Crippen LogP contribution in [-0.4, -0.2) is 24.1 Å². The molecular formula is C13H20ClN3O. The van der Waals surface area contributed by atoms with E-state index >= 15 is 0 Å². The van der Waals surface area contributed by atoms with E-state index in [0.717, 1.165) is 18.8 Å². The number of hydrogen-bond acceptors (Lipinski definition) is 3. The van der Waals surface area contributed by atoms with Gasteiger partial charge in [0, 0.05) is 29.4 Å². The Morgan fingerprint density at radius 2 is 2.17 bits per heavy atom. The van der Waals surface area contributed by atoms with Gasteiger partial charge in [0.1, 0.15) is 0 Å². The largest absolute Gasteiger partial charge is 0.409 e. The molecule has 0 fully saturated rings. The molecule has 0 aliphatic rings. The average molecular weight is 270 g/mol. The lowest BCUT2D eigenvalue weighted by Crippen LogP contribution is -2.30. The first-order valence-corrected chi connectivity index (χ1v) is 6.39. The molecule has 0 saturated heterocycles. The van der Waals surface area contributed by atoms with Crippen LogP contribution in [0.2, 0.25) is 5.02 Å². The van der Waals surface area contributed by atoms with Crippen LogP contribution in [0.25, 0.3) is 0 Å². The molecule has 1 aromatic carbocycles. The number of nitrogens with zero attached hydrogens (tertiary/aromatic N) is 2. The molecule has 0 unspecified atom stereocenters. The summed E-state index contributed by atoms with van der Waals surface area (Å²) in [5.41, 5.74) is 7.29. The van der Waals surface area contributed by atoms with Gasteiger partial charge in [-0.15, -0.1) is 0 Å². The standard InChI is InChI=1S/C13H20ClN3O/c1-4-17(8-9(2)3)12-7-10(14)5-6-11(12)13(15)16-18/h5-7,9,18H,4,8H2,1-3H3,(H2,15,16). The lowest BCUT2D eigenvalue weighted by Gasteiger charge is -2.27. The van der Waals surface area contributed by atoms with E-state index in [9.17, 15) is 0 Å². The number of rotatable bonds is 5. The molecule has 0 radical (unpaired) electrons. The third-order valence-electron chi connectivity index (χ3n) is 2.65. The highest BCUT2D eigenvalue weighted by atomic mass is 35.5. The summed E-state index contributed by atoms with van der Waals surface area (Å²) in [5.74, 6) is 0.618. The van der Waals surface area contributed by atoms with Gasteiger partial charge in [-0.1, -0.05) is 30.6 Å². The maximum absolute atomic E-state index is 8.83. The average Bonchev–Trinajstić information content (AvgIpc) is 2.34. The predicted molar refractivity (Wildman–Crippen MR) is 76.7 cm³/mol. The van der Waals surface area contributed by atoms with E-state index in [1.165, 1.54) is 0 Å². The van der Waals surface area contributed by atoms with Crippen molar-refractivity contribution >= 4 is 23.1 Å². The quantitative estimate of drug-likeness (QED) is 0.374. The molecule has 0 aliphatic carbocycles. The Morgan fingerprint density at radius 1 is 1.50 bits per heavy atom. The van der Waals surface area contributed by atoms with Crippen molar-refractivity contribution in [2.45, 2.75) is 20.8 Å². The molecule has 100 valence electrons. The van der Waals surface area contributed by atoms with Crippen molar-refractivity contribution < 1.29 is 5.21 Å². The number of amidine groups is 1. The monoisotopic (exact) mass is 269 g/mol. The Labute approximate surface area is 113 Å². The molecule has 0 saturated carbocycles. The van der Waals surface area contributed by atoms with E-state index in [-0.39, 0.29) is 5.84 Å². The Balaban J connectivity index is 3.22. The van der Waals surface area contributed by atoms with Crippen LogP contribution in [0.5, 0.6) is 0 Å². The van der Waals surface area contributed by atoms with Gasteiger partial charge in [-0.25, -0.2) is 0 Å². The van der Waals surface area contributed by atoms with Gasteiger partial charge in [0.05, 0.1) is 0 Å². The van der Waals surface area contributed by atoms with Gasteiger partial charge in [0.25, 0.3) is 0 Å². The highest BCUT2D eigenvalue weighted by molar-refractivity contribution is 6.31. The Morgan fingerprint density at radius 3 is 2.67 bits per heavy atom. The summed E-state index contributed by atoms with van der Waals surface area (Å²) in [6.45, 7) is 8.10. The zero-order valence-electron chi connectivity index (χ0n) is 11.0. The van der Waals surface area contributed by atoms with Crippen LogP contribution in [0, 0.1) is 5.92 Å². The molecular weight excluding hydrogens is 250 g/mol. The summed E-state index contributed by atoms with van der Waals surface area (Å²) in [6, 6.07) is 5.36. The van der Waals surface area contributed by atoms with Crippen molar-refractivity contribution in [3.8, 4) is 0 Å². The minimum atomic E-state index is 0.101. The van der Waals surface area contributed by atoms with Crippen LogP contribution >= 0.6 is 11.6 Å². The molecule has 0 amide bonds. The molecule has 0 aromatic heterocycles. The van der Waals surface area contributed by atoms with Crippen molar-refractivity contribution in [2.75, 3.05) is 18.0 Å². The van der Waals surface area contributed by atoms with Crippen molar-refractivity contribution in [3.05, 3.63) is 28.8 Å². The maximum Gasteiger partial charge on any atom is 0.172 e. The van der Waals surface area contributed by atoms with Crippen molar-refractivity contribution in [1.82, 2.24) is 0 Å². The van der Waals surface area contributed by atoms with E-state index in [4.69, 9.17) is 22.5 Å². The van der Waals surface area contributed by atoms with E-state index < -0.39 is 0 Å². The molecule has 0 aliphatic heterocycles. The molecule has 18 heavy (non-hydrogen) atoms. The third-order valence-corrected chi connectivity index (χ3v) is 2.89. The Bertz CT molecular complexity index is 432. The van der Waals surface area contributed by atoms with Crippen LogP contribution in [0.4, 0.5) is 5.69 Å². The van der Waals surface area contributed by atoms with Gasteiger partial charge in [-0.05, 0) is 31.0 Å². The van der Waals surface area contributed by atoms with Crippen LogP contribution in [-0.2, 0) is 0 Å². The Kier molecular flexibility index (Phi) is 5.28. The normalized spacial score (nSPS) is 11.9. The van der Waals surface area contributed by atoms with Crippen LogP contribution in [0.3, 0.4) is 0 Å². The second-order valence-corrected chi connectivity index (χ2v) is 5.02. The number of benzene rings is 1. The molecule has 0 atom stereocenters. The molecule has 1 aromatic rings. The summed E-state index contributed by atoms with van der Waals surface area (Å²) in [4.78, 5) is 2.17. The lowest BCUT2D eigenvalue weighted by atomic mass is 10.1. The highest BCUT2D eigenvalue weighted by Crippen LogP contribution is 2.25. The van der Waals surface area contributed by atoms with Gasteiger partial charge in [0.15, 0.2) is 5.84 Å². The molecule has 3 N–H and O–H groups in total. The summed E-state index contributed by atoms with van der Waals surface area (Å²) >= 11 is 6.03. The first-order chi connectivity index (χ1) is 8.49. The summed E-state index contributed by atoms with van der Waals surface area (Å²) in [7, 11) is 0. The molecule has 4 nitrogen and oxygen atoms in total. The minimum absolute atomic E-state index is 0.101. The number of halogens is 1. The second kappa shape index (κ2) is 6.50. The molecule has 1 rings (SSSR count). The fourth-order valence-electron chi connectivity index (χ4n) is 1.88. The number of nitrogens with two attached hydrogens (primary N) is 1. The van der Waals surface area contributed by atoms with Gasteiger partial charge >= 0.3 is 0 Å².